The molecule has 1 aliphatic rings. The number of sulfonamides is 1. The molecule has 37 heavy (non-hydrogen) atoms. The van der Waals surface area contributed by atoms with Gasteiger partial charge in [0.25, 0.3) is 10.0 Å². The summed E-state index contributed by atoms with van der Waals surface area (Å²) in [4.78, 5) is 28.2. The van der Waals surface area contributed by atoms with Gasteiger partial charge in [-0.2, -0.15) is 0 Å². The van der Waals surface area contributed by atoms with Crippen LogP contribution >= 0.6 is 11.6 Å². The summed E-state index contributed by atoms with van der Waals surface area (Å²) < 4.78 is 27.9. The van der Waals surface area contributed by atoms with Crippen molar-refractivity contribution in [2.24, 2.45) is 0 Å². The SMILES string of the molecule is C[C@H](C(=O)NC(C)(C)C)N(Cc1ccc(Cl)cc1)C(=O)CCCN1c2cccc3cccc(c23)S1(=O)=O. The van der Waals surface area contributed by atoms with Gasteiger partial charge in [0, 0.05) is 35.5 Å². The monoisotopic (exact) mass is 541 g/mol. The highest BCUT2D eigenvalue weighted by Crippen LogP contribution is 2.42. The number of hydrogen-bond acceptors (Lipinski definition) is 4. The van der Waals surface area contributed by atoms with Crippen molar-refractivity contribution >= 4 is 49.9 Å². The summed E-state index contributed by atoms with van der Waals surface area (Å²) in [5.74, 6) is -0.474. The maximum Gasteiger partial charge on any atom is 0.265 e. The standard InChI is InChI=1S/C28H32ClN3O4S/c1-19(27(34)30-28(2,3)4)31(18-20-13-15-22(29)16-14-20)25(33)12-7-17-32-23-10-5-8-21-9-6-11-24(26(21)23)37(32,35)36/h5-6,8-11,13-16,19H,7,12,17-18H2,1-4H3,(H,30,34)/t19-/m1/s1. The van der Waals surface area contributed by atoms with Crippen molar-refractivity contribution in [3.05, 3.63) is 71.2 Å². The number of carbonyl (C=O) groups is 2. The highest BCUT2D eigenvalue weighted by molar-refractivity contribution is 7.93. The fraction of sp³-hybridized carbons (Fsp3) is 0.357. The van der Waals surface area contributed by atoms with Gasteiger partial charge in [-0.25, -0.2) is 8.42 Å². The molecule has 3 aromatic carbocycles. The first-order valence-corrected chi connectivity index (χ1v) is 14.1. The summed E-state index contributed by atoms with van der Waals surface area (Å²) >= 11 is 6.01. The maximum absolute atomic E-state index is 13.4. The molecule has 4 rings (SSSR count). The van der Waals surface area contributed by atoms with Gasteiger partial charge in [-0.3, -0.25) is 13.9 Å². The molecule has 1 heterocycles. The molecule has 0 aliphatic carbocycles. The highest BCUT2D eigenvalue weighted by Gasteiger charge is 2.35. The average molecular weight is 542 g/mol. The first kappa shape index (κ1) is 26.9. The third kappa shape index (κ3) is 5.75. The number of hydrogen-bond donors (Lipinski definition) is 1. The van der Waals surface area contributed by atoms with Gasteiger partial charge in [0.15, 0.2) is 0 Å². The average Bonchev–Trinajstić information content (AvgIpc) is 3.05. The molecule has 0 unspecified atom stereocenters. The van der Waals surface area contributed by atoms with Gasteiger partial charge in [-0.1, -0.05) is 48.0 Å². The molecule has 196 valence electrons. The van der Waals surface area contributed by atoms with Crippen LogP contribution in [0.1, 0.15) is 46.1 Å². The van der Waals surface area contributed by atoms with Crippen LogP contribution in [0, 0.1) is 0 Å². The van der Waals surface area contributed by atoms with Crippen LogP contribution in [0.5, 0.6) is 0 Å². The van der Waals surface area contributed by atoms with E-state index >= 15 is 0 Å². The van der Waals surface area contributed by atoms with E-state index in [1.54, 1.807) is 37.3 Å². The van der Waals surface area contributed by atoms with Crippen LogP contribution < -0.4 is 9.62 Å². The van der Waals surface area contributed by atoms with Gasteiger partial charge >= 0.3 is 0 Å². The Labute approximate surface area is 223 Å². The number of rotatable bonds is 8. The first-order chi connectivity index (χ1) is 17.4. The molecule has 0 fully saturated rings. The van der Waals surface area contributed by atoms with E-state index in [0.29, 0.717) is 27.4 Å². The minimum atomic E-state index is -3.69. The molecule has 2 amide bonds. The van der Waals surface area contributed by atoms with Crippen LogP contribution in [-0.4, -0.2) is 43.3 Å². The molecule has 0 saturated carbocycles. The first-order valence-electron chi connectivity index (χ1n) is 12.3. The Bertz CT molecular complexity index is 1430. The smallest absolute Gasteiger partial charge is 0.265 e. The Hall–Kier alpha value is -3.10. The van der Waals surface area contributed by atoms with E-state index in [1.165, 1.54) is 9.21 Å². The van der Waals surface area contributed by atoms with Gasteiger partial charge in [-0.15, -0.1) is 0 Å². The molecule has 1 atom stereocenters. The number of anilines is 1. The quantitative estimate of drug-likeness (QED) is 0.429. The van der Waals surface area contributed by atoms with Gasteiger partial charge in [0.2, 0.25) is 11.8 Å². The van der Waals surface area contributed by atoms with Crippen molar-refractivity contribution in [2.75, 3.05) is 10.8 Å². The molecule has 3 aromatic rings. The third-order valence-electron chi connectivity index (χ3n) is 6.36. The lowest BCUT2D eigenvalue weighted by molar-refractivity contribution is -0.141. The van der Waals surface area contributed by atoms with E-state index in [4.69, 9.17) is 11.6 Å². The summed E-state index contributed by atoms with van der Waals surface area (Å²) in [7, 11) is -3.69. The zero-order valence-electron chi connectivity index (χ0n) is 21.5. The van der Waals surface area contributed by atoms with Crippen molar-refractivity contribution in [3.63, 3.8) is 0 Å². The van der Waals surface area contributed by atoms with Crippen LogP contribution in [0.2, 0.25) is 5.02 Å². The Morgan fingerprint density at radius 2 is 1.68 bits per heavy atom. The summed E-state index contributed by atoms with van der Waals surface area (Å²) in [6, 6.07) is 17.2. The number of nitrogens with one attached hydrogen (secondary N) is 1. The van der Waals surface area contributed by atoms with Crippen LogP contribution in [0.15, 0.2) is 65.6 Å². The van der Waals surface area contributed by atoms with Crippen LogP contribution in [0.25, 0.3) is 10.8 Å². The number of amides is 2. The Morgan fingerprint density at radius 3 is 2.32 bits per heavy atom. The zero-order chi connectivity index (χ0) is 27.0. The molecule has 7 nitrogen and oxygen atoms in total. The molecule has 0 spiro atoms. The minimum absolute atomic E-state index is 0.0963. The normalized spacial score (nSPS) is 15.0. The largest absolute Gasteiger partial charge is 0.350 e. The maximum atomic E-state index is 13.4. The Balaban J connectivity index is 1.50. The lowest BCUT2D eigenvalue weighted by atomic mass is 10.1. The van der Waals surface area contributed by atoms with E-state index in [2.05, 4.69) is 5.32 Å². The molecule has 1 aliphatic heterocycles. The van der Waals surface area contributed by atoms with Crippen molar-refractivity contribution in [1.82, 2.24) is 10.2 Å². The summed E-state index contributed by atoms with van der Waals surface area (Å²) in [6.45, 7) is 7.77. The molecule has 0 bridgehead atoms. The fourth-order valence-corrected chi connectivity index (χ4v) is 6.43. The number of nitrogens with zero attached hydrogens (tertiary/aromatic N) is 2. The Kier molecular flexibility index (Phi) is 7.53. The second-order valence-electron chi connectivity index (χ2n) is 10.4. The van der Waals surface area contributed by atoms with Gasteiger partial charge in [-0.05, 0) is 69.3 Å². The second kappa shape index (κ2) is 10.3. The lowest BCUT2D eigenvalue weighted by Gasteiger charge is -2.31. The van der Waals surface area contributed by atoms with Gasteiger partial charge in [0.05, 0.1) is 10.6 Å². The van der Waals surface area contributed by atoms with Crippen molar-refractivity contribution in [3.8, 4) is 0 Å². The van der Waals surface area contributed by atoms with Crippen molar-refractivity contribution < 1.29 is 18.0 Å². The van der Waals surface area contributed by atoms with E-state index < -0.39 is 21.6 Å². The number of benzene rings is 3. The topological polar surface area (TPSA) is 86.8 Å². The number of halogens is 1. The van der Waals surface area contributed by atoms with Gasteiger partial charge in [0.1, 0.15) is 6.04 Å². The highest BCUT2D eigenvalue weighted by atomic mass is 35.5. The van der Waals surface area contributed by atoms with Gasteiger partial charge < -0.3 is 10.2 Å². The Morgan fingerprint density at radius 1 is 1.03 bits per heavy atom. The molecule has 1 N–H and O–H groups in total. The van der Waals surface area contributed by atoms with Crippen LogP contribution in [0.4, 0.5) is 5.69 Å². The van der Waals surface area contributed by atoms with Crippen molar-refractivity contribution in [2.45, 2.75) is 63.6 Å². The van der Waals surface area contributed by atoms with E-state index in [9.17, 15) is 18.0 Å². The van der Waals surface area contributed by atoms with E-state index in [0.717, 1.165) is 10.9 Å². The predicted molar refractivity (Wildman–Crippen MR) is 147 cm³/mol. The third-order valence-corrected chi connectivity index (χ3v) is 8.47. The van der Waals surface area contributed by atoms with Crippen LogP contribution in [-0.2, 0) is 26.2 Å². The summed E-state index contributed by atoms with van der Waals surface area (Å²) in [5, 5.41) is 5.11. The second-order valence-corrected chi connectivity index (χ2v) is 12.6. The van der Waals surface area contributed by atoms with E-state index in [1.807, 2.05) is 51.1 Å². The molecule has 0 aromatic heterocycles. The van der Waals surface area contributed by atoms with Crippen LogP contribution in [0.3, 0.4) is 0 Å². The molecule has 0 radical (unpaired) electrons. The van der Waals surface area contributed by atoms with E-state index in [-0.39, 0.29) is 31.3 Å². The predicted octanol–water partition coefficient (Wildman–Crippen LogP) is 5.11. The summed E-state index contributed by atoms with van der Waals surface area (Å²) in [6.07, 6.45) is 0.409. The zero-order valence-corrected chi connectivity index (χ0v) is 23.1. The number of carbonyl (C=O) groups excluding carboxylic acids is 2. The molecule has 0 saturated heterocycles. The lowest BCUT2D eigenvalue weighted by Crippen LogP contribution is -2.52. The molecular weight excluding hydrogens is 510 g/mol. The fourth-order valence-electron chi connectivity index (χ4n) is 4.56. The van der Waals surface area contributed by atoms with Crippen molar-refractivity contribution in [1.29, 1.82) is 0 Å². The molecular formula is C28H32ClN3O4S. The molecule has 9 heteroatoms. The minimum Gasteiger partial charge on any atom is -0.350 e. The summed E-state index contributed by atoms with van der Waals surface area (Å²) in [5.41, 5.74) is 1.04.